The summed E-state index contributed by atoms with van der Waals surface area (Å²) in [7, 11) is 0. The third-order valence-electron chi connectivity index (χ3n) is 1.34. The molecule has 0 saturated carbocycles. The van der Waals surface area contributed by atoms with Gasteiger partial charge in [0.1, 0.15) is 5.82 Å². The summed E-state index contributed by atoms with van der Waals surface area (Å²) in [5.41, 5.74) is 5.39. The van der Waals surface area contributed by atoms with Crippen LogP contribution in [0.1, 0.15) is 6.92 Å². The Morgan fingerprint density at radius 1 is 1.58 bits per heavy atom. The monoisotopic (exact) mass is 166 g/mol. The molecule has 0 atom stereocenters. The van der Waals surface area contributed by atoms with Gasteiger partial charge in [-0.25, -0.2) is 15.8 Å². The van der Waals surface area contributed by atoms with Crippen LogP contribution in [-0.2, 0) is 4.79 Å². The van der Waals surface area contributed by atoms with Gasteiger partial charge in [-0.3, -0.25) is 4.79 Å². The summed E-state index contributed by atoms with van der Waals surface area (Å²) in [6.45, 7) is 1.35. The van der Waals surface area contributed by atoms with E-state index in [9.17, 15) is 4.79 Å². The lowest BCUT2D eigenvalue weighted by atomic mass is 10.4. The van der Waals surface area contributed by atoms with E-state index in [1.54, 1.807) is 18.2 Å². The highest BCUT2D eigenvalue weighted by atomic mass is 16.2. The molecule has 1 rings (SSSR count). The molecule has 1 aromatic heterocycles. The summed E-state index contributed by atoms with van der Waals surface area (Å²) in [5, 5.41) is 0.941. The van der Waals surface area contributed by atoms with Crippen molar-refractivity contribution in [3.05, 3.63) is 18.2 Å². The zero-order valence-corrected chi connectivity index (χ0v) is 6.69. The number of carbonyl (C=O) groups is 1. The molecule has 0 radical (unpaired) electrons. The maximum Gasteiger partial charge on any atom is 0.239 e. The van der Waals surface area contributed by atoms with Crippen molar-refractivity contribution in [2.24, 2.45) is 5.84 Å². The SMILES string of the molecule is CC(=O)N(N)c1cccc(N)n1. The highest BCUT2D eigenvalue weighted by molar-refractivity contribution is 5.89. The predicted octanol–water partition coefficient (Wildman–Crippen LogP) is -0.110. The highest BCUT2D eigenvalue weighted by Crippen LogP contribution is 2.08. The molecule has 1 heterocycles. The number of anilines is 2. The van der Waals surface area contributed by atoms with Crippen LogP contribution in [0.5, 0.6) is 0 Å². The molecule has 0 aliphatic rings. The fraction of sp³-hybridized carbons (Fsp3) is 0.143. The van der Waals surface area contributed by atoms with Gasteiger partial charge in [-0.2, -0.15) is 0 Å². The second-order valence-corrected chi connectivity index (χ2v) is 2.31. The highest BCUT2D eigenvalue weighted by Gasteiger charge is 2.06. The number of hydrogen-bond acceptors (Lipinski definition) is 4. The van der Waals surface area contributed by atoms with E-state index in [0.29, 0.717) is 11.6 Å². The summed E-state index contributed by atoms with van der Waals surface area (Å²) in [5.74, 6) is 5.78. The molecule has 0 saturated heterocycles. The minimum atomic E-state index is -0.284. The number of hydrazine groups is 1. The van der Waals surface area contributed by atoms with Crippen molar-refractivity contribution >= 4 is 17.5 Å². The fourth-order valence-electron chi connectivity index (χ4n) is 0.735. The number of aromatic nitrogens is 1. The second kappa shape index (κ2) is 3.19. The quantitative estimate of drug-likeness (QED) is 0.346. The van der Waals surface area contributed by atoms with Crippen LogP contribution >= 0.6 is 0 Å². The van der Waals surface area contributed by atoms with Crippen LogP contribution in [0.4, 0.5) is 11.6 Å². The van der Waals surface area contributed by atoms with E-state index in [1.807, 2.05) is 0 Å². The first-order valence-corrected chi connectivity index (χ1v) is 3.39. The molecule has 4 N–H and O–H groups in total. The lowest BCUT2D eigenvalue weighted by Gasteiger charge is -2.12. The van der Waals surface area contributed by atoms with Crippen LogP contribution in [0.2, 0.25) is 0 Å². The molecule has 0 aliphatic heterocycles. The Morgan fingerprint density at radius 2 is 2.25 bits per heavy atom. The molecule has 0 aliphatic carbocycles. The number of carbonyl (C=O) groups excluding carboxylic acids is 1. The van der Waals surface area contributed by atoms with Crippen molar-refractivity contribution in [3.63, 3.8) is 0 Å². The van der Waals surface area contributed by atoms with Gasteiger partial charge < -0.3 is 5.73 Å². The first-order valence-electron chi connectivity index (χ1n) is 3.39. The van der Waals surface area contributed by atoms with Gasteiger partial charge in [0.05, 0.1) is 0 Å². The van der Waals surface area contributed by atoms with Gasteiger partial charge in [-0.1, -0.05) is 6.07 Å². The van der Waals surface area contributed by atoms with Gasteiger partial charge >= 0.3 is 0 Å². The first kappa shape index (κ1) is 8.48. The Hall–Kier alpha value is -1.62. The molecule has 0 aromatic carbocycles. The van der Waals surface area contributed by atoms with Crippen molar-refractivity contribution in [2.75, 3.05) is 10.7 Å². The summed E-state index contributed by atoms with van der Waals surface area (Å²) in [6, 6.07) is 4.91. The lowest BCUT2D eigenvalue weighted by molar-refractivity contribution is -0.116. The van der Waals surface area contributed by atoms with Gasteiger partial charge in [0.25, 0.3) is 0 Å². The Morgan fingerprint density at radius 3 is 2.75 bits per heavy atom. The van der Waals surface area contributed by atoms with Gasteiger partial charge in [-0.05, 0) is 12.1 Å². The number of hydrogen-bond donors (Lipinski definition) is 2. The Balaban J connectivity index is 2.95. The molecule has 0 bridgehead atoms. The van der Waals surface area contributed by atoms with Crippen molar-refractivity contribution < 1.29 is 4.79 Å². The van der Waals surface area contributed by atoms with Crippen LogP contribution in [0, 0.1) is 0 Å². The van der Waals surface area contributed by atoms with Gasteiger partial charge in [-0.15, -0.1) is 0 Å². The summed E-state index contributed by atoms with van der Waals surface area (Å²) < 4.78 is 0. The molecule has 0 fully saturated rings. The van der Waals surface area contributed by atoms with Crippen molar-refractivity contribution in [3.8, 4) is 0 Å². The molecule has 12 heavy (non-hydrogen) atoms. The third-order valence-corrected chi connectivity index (χ3v) is 1.34. The molecule has 1 amide bonds. The van der Waals surface area contributed by atoms with E-state index in [2.05, 4.69) is 4.98 Å². The van der Waals surface area contributed by atoms with Gasteiger partial charge in [0.15, 0.2) is 5.82 Å². The lowest BCUT2D eigenvalue weighted by Crippen LogP contribution is -2.36. The third kappa shape index (κ3) is 1.70. The smallest absolute Gasteiger partial charge is 0.239 e. The number of amides is 1. The molecule has 64 valence electrons. The molecule has 5 nitrogen and oxygen atoms in total. The first-order chi connectivity index (χ1) is 5.61. The maximum atomic E-state index is 10.8. The Bertz CT molecular complexity index is 299. The van der Waals surface area contributed by atoms with Crippen LogP contribution in [0.15, 0.2) is 18.2 Å². The average Bonchev–Trinajstić information content (AvgIpc) is 2.03. The van der Waals surface area contributed by atoms with Crippen molar-refractivity contribution in [2.45, 2.75) is 6.92 Å². The topological polar surface area (TPSA) is 85.2 Å². The number of nitrogens with zero attached hydrogens (tertiary/aromatic N) is 2. The minimum Gasteiger partial charge on any atom is -0.384 e. The predicted molar refractivity (Wildman–Crippen MR) is 46.0 cm³/mol. The Labute approximate surface area is 70.0 Å². The zero-order valence-electron chi connectivity index (χ0n) is 6.69. The average molecular weight is 166 g/mol. The minimum absolute atomic E-state index is 0.284. The second-order valence-electron chi connectivity index (χ2n) is 2.31. The Kier molecular flexibility index (Phi) is 2.25. The van der Waals surface area contributed by atoms with E-state index in [1.165, 1.54) is 6.92 Å². The summed E-state index contributed by atoms with van der Waals surface area (Å²) in [4.78, 5) is 14.6. The maximum absolute atomic E-state index is 10.8. The summed E-state index contributed by atoms with van der Waals surface area (Å²) >= 11 is 0. The van der Waals surface area contributed by atoms with Crippen LogP contribution in [0.3, 0.4) is 0 Å². The molecule has 1 aromatic rings. The molecular weight excluding hydrogens is 156 g/mol. The number of rotatable bonds is 1. The number of nitrogen functional groups attached to an aromatic ring is 1. The standard InChI is InChI=1S/C7H10N4O/c1-5(12)11(9)7-4-2-3-6(8)10-7/h2-4H,9H2,1H3,(H2,8,10). The molecule has 5 heteroatoms. The van der Waals surface area contributed by atoms with Gasteiger partial charge in [0.2, 0.25) is 5.91 Å². The fourth-order valence-corrected chi connectivity index (χ4v) is 0.735. The largest absolute Gasteiger partial charge is 0.384 e. The van der Waals surface area contributed by atoms with Crippen molar-refractivity contribution in [1.82, 2.24) is 4.98 Å². The van der Waals surface area contributed by atoms with Crippen LogP contribution in [-0.4, -0.2) is 10.9 Å². The zero-order chi connectivity index (χ0) is 9.14. The molecular formula is C7H10N4O. The van der Waals surface area contributed by atoms with Gasteiger partial charge in [0, 0.05) is 6.92 Å². The van der Waals surface area contributed by atoms with E-state index < -0.39 is 0 Å². The molecule has 0 unspecified atom stereocenters. The van der Waals surface area contributed by atoms with Crippen LogP contribution in [0.25, 0.3) is 0 Å². The van der Waals surface area contributed by atoms with E-state index in [-0.39, 0.29) is 5.91 Å². The molecule has 0 spiro atoms. The summed E-state index contributed by atoms with van der Waals surface area (Å²) in [6.07, 6.45) is 0. The van der Waals surface area contributed by atoms with Crippen LogP contribution < -0.4 is 16.6 Å². The van der Waals surface area contributed by atoms with E-state index in [0.717, 1.165) is 5.01 Å². The number of pyridine rings is 1. The van der Waals surface area contributed by atoms with E-state index >= 15 is 0 Å². The number of nitrogens with two attached hydrogens (primary N) is 2. The van der Waals surface area contributed by atoms with Crippen molar-refractivity contribution in [1.29, 1.82) is 0 Å². The van der Waals surface area contributed by atoms with E-state index in [4.69, 9.17) is 11.6 Å². The normalized spacial score (nSPS) is 9.50.